The van der Waals surface area contributed by atoms with Crippen LogP contribution in [-0.4, -0.2) is 97.8 Å². The second kappa shape index (κ2) is 32.7. The number of hydrogen-bond donors (Lipinski definition) is 0. The van der Waals surface area contributed by atoms with E-state index in [2.05, 4.69) is 13.8 Å². The maximum absolute atomic E-state index is 13.3. The van der Waals surface area contributed by atoms with E-state index in [-0.39, 0.29) is 25.6 Å². The first kappa shape index (κ1) is 56.1. The van der Waals surface area contributed by atoms with Crippen molar-refractivity contribution in [2.24, 2.45) is 0 Å². The van der Waals surface area contributed by atoms with Crippen LogP contribution < -0.4 is 4.89 Å². The van der Waals surface area contributed by atoms with E-state index >= 15 is 0 Å². The van der Waals surface area contributed by atoms with Crippen LogP contribution in [0.4, 0.5) is 0 Å². The van der Waals surface area contributed by atoms with Gasteiger partial charge in [-0.2, -0.15) is 9.05 Å². The number of rotatable bonds is 40. The first-order valence-corrected chi connectivity index (χ1v) is 25.4. The summed E-state index contributed by atoms with van der Waals surface area (Å²) in [6, 6.07) is 0. The van der Waals surface area contributed by atoms with Crippen LogP contribution in [0.25, 0.3) is 0 Å². The number of carbonyl (C=O) groups is 1. The number of ether oxygens (including phenoxy) is 3. The summed E-state index contributed by atoms with van der Waals surface area (Å²) in [6.07, 6.45) is 29.4. The van der Waals surface area contributed by atoms with Gasteiger partial charge in [0.05, 0.1) is 27.7 Å². The van der Waals surface area contributed by atoms with E-state index < -0.39 is 38.1 Å². The van der Waals surface area contributed by atoms with Gasteiger partial charge in [-0.3, -0.25) is 4.79 Å². The zero-order valence-corrected chi connectivity index (χ0v) is 40.0. The third-order valence-electron chi connectivity index (χ3n) is 11.4. The Morgan fingerprint density at radius 1 is 0.712 bits per heavy atom. The van der Waals surface area contributed by atoms with Gasteiger partial charge in [0.1, 0.15) is 31.9 Å². The van der Waals surface area contributed by atoms with Crippen molar-refractivity contribution in [3.63, 3.8) is 0 Å². The number of nitrogens with zero attached hydrogens (tertiary/aromatic N) is 2. The van der Waals surface area contributed by atoms with Crippen LogP contribution in [0, 0.1) is 5.21 Å². The van der Waals surface area contributed by atoms with Crippen molar-refractivity contribution in [2.45, 2.75) is 231 Å². The lowest BCUT2D eigenvalue weighted by Gasteiger charge is -2.48. The Morgan fingerprint density at radius 3 is 1.59 bits per heavy atom. The molecule has 1 radical (unpaired) electrons. The molecule has 0 amide bonds. The molecule has 1 aliphatic heterocycles. The smallest absolute Gasteiger partial charge is 0.482 e. The van der Waals surface area contributed by atoms with E-state index in [0.717, 1.165) is 77.0 Å². The molecule has 0 saturated carbocycles. The molecule has 0 aromatic carbocycles. The number of unbranched alkanes of at least 4 members (excludes halogenated alkanes) is 22. The summed E-state index contributed by atoms with van der Waals surface area (Å²) in [7, 11) is 1.14. The van der Waals surface area contributed by atoms with Crippen LogP contribution in [-0.2, 0) is 32.9 Å². The van der Waals surface area contributed by atoms with E-state index in [4.69, 9.17) is 23.3 Å². The van der Waals surface area contributed by atoms with Crippen molar-refractivity contribution in [3.05, 3.63) is 5.21 Å². The van der Waals surface area contributed by atoms with Crippen LogP contribution in [0.1, 0.15) is 214 Å². The quantitative estimate of drug-likeness (QED) is 0.0192. The van der Waals surface area contributed by atoms with E-state index in [1.54, 1.807) is 0 Å². The molecule has 1 N–H and O–H groups in total. The van der Waals surface area contributed by atoms with E-state index in [0.29, 0.717) is 30.5 Å². The number of hydroxylamine groups is 2. The standard InChI is InChI=1S/C46H90N2O10P/c1-8-10-12-14-16-17-18-19-20-21-22-25-29-33-43(49)54-39-42(40-57-59(52,53)56-38-37-48(5,6)7)58-44(50)34-30-26-23-24-28-32-36-46(35-31-27-15-13-11-9-2)47(51)45(3,4)41-55-46/h42H,8-41H2,1-7H3/p+1. The van der Waals surface area contributed by atoms with E-state index in [1.165, 1.54) is 95.0 Å². The number of carbonyl (C=O) groups excluding carboxylic acids is 2. The minimum atomic E-state index is -4.64. The molecular formula is C46H91N2O10P+. The summed E-state index contributed by atoms with van der Waals surface area (Å²) in [4.78, 5) is 48.2. The first-order chi connectivity index (χ1) is 28.1. The summed E-state index contributed by atoms with van der Waals surface area (Å²) in [5.41, 5.74) is -1.23. The van der Waals surface area contributed by atoms with Crippen molar-refractivity contribution in [1.29, 1.82) is 0 Å². The molecule has 0 spiro atoms. The SMILES string of the molecule is CCCCCCCCCCCCCCCC(=[OH+])OCC(CO[P+]([O])([O-])OCC[N+](C)(C)C)OC(=O)CCCCCCCCC1(CCCCCCCC)OCC(C)(C)N1[O-]. The topological polar surface area (TPSA) is 154 Å². The van der Waals surface area contributed by atoms with E-state index in [1.807, 2.05) is 35.0 Å². The summed E-state index contributed by atoms with van der Waals surface area (Å²) < 4.78 is 28.0. The normalized spacial score (nSPS) is 18.5. The van der Waals surface area contributed by atoms with Crippen molar-refractivity contribution in [3.8, 4) is 0 Å². The molecule has 1 aliphatic rings. The summed E-state index contributed by atoms with van der Waals surface area (Å²) in [6.45, 7) is 8.58. The Hall–Kier alpha value is -0.950. The monoisotopic (exact) mass is 863 g/mol. The lowest BCUT2D eigenvalue weighted by Crippen LogP contribution is -2.48. The lowest BCUT2D eigenvalue weighted by atomic mass is 9.95. The minimum Gasteiger partial charge on any atom is -0.783 e. The van der Waals surface area contributed by atoms with E-state index in [9.17, 15) is 24.6 Å². The second-order valence-corrected chi connectivity index (χ2v) is 20.3. The first-order valence-electron chi connectivity index (χ1n) is 23.9. The number of hydrogen-bond acceptors (Lipinski definition) is 9. The predicted molar refractivity (Wildman–Crippen MR) is 238 cm³/mol. The van der Waals surface area contributed by atoms with Crippen molar-refractivity contribution < 1.29 is 47.1 Å². The summed E-state index contributed by atoms with van der Waals surface area (Å²) in [5, 5.41) is 14.5. The highest BCUT2D eigenvalue weighted by molar-refractivity contribution is 7.52. The van der Waals surface area contributed by atoms with Gasteiger partial charge < -0.3 is 38.7 Å². The molecule has 12 nitrogen and oxygen atoms in total. The largest absolute Gasteiger partial charge is 0.783 e. The fourth-order valence-corrected chi connectivity index (χ4v) is 8.29. The van der Waals surface area contributed by atoms with Gasteiger partial charge in [0.25, 0.3) is 0 Å². The Kier molecular flexibility index (Phi) is 31.1. The van der Waals surface area contributed by atoms with Crippen molar-refractivity contribution >= 4 is 20.1 Å². The highest BCUT2D eigenvalue weighted by Gasteiger charge is 2.45. The molecule has 0 aromatic rings. The molecular weight excluding hydrogens is 771 g/mol. The molecule has 2 unspecified atom stereocenters. The average Bonchev–Trinajstić information content (AvgIpc) is 3.40. The second-order valence-electron chi connectivity index (χ2n) is 18.9. The van der Waals surface area contributed by atoms with Crippen LogP contribution in [0.2, 0.25) is 0 Å². The highest BCUT2D eigenvalue weighted by Crippen LogP contribution is 2.49. The third kappa shape index (κ3) is 29.1. The molecule has 1 fully saturated rings. The van der Waals surface area contributed by atoms with Crippen LogP contribution >= 0.6 is 8.17 Å². The predicted octanol–water partition coefficient (Wildman–Crippen LogP) is 11.3. The van der Waals surface area contributed by atoms with Crippen molar-refractivity contribution in [2.75, 3.05) is 54.1 Å². The van der Waals surface area contributed by atoms with Gasteiger partial charge in [-0.05, 0) is 52.4 Å². The molecule has 13 heteroatoms. The average molecular weight is 863 g/mol. The minimum absolute atomic E-state index is 0.0397. The molecule has 1 heterocycles. The van der Waals surface area contributed by atoms with Gasteiger partial charge in [-0.15, -0.1) is 0 Å². The summed E-state index contributed by atoms with van der Waals surface area (Å²) >= 11 is 0. The molecule has 0 aromatic heterocycles. The van der Waals surface area contributed by atoms with Gasteiger partial charge >= 0.3 is 20.1 Å². The maximum atomic E-state index is 13.3. The van der Waals surface area contributed by atoms with Crippen LogP contribution in [0.5, 0.6) is 0 Å². The van der Waals surface area contributed by atoms with Gasteiger partial charge in [-0.1, -0.05) is 149 Å². The Morgan fingerprint density at radius 2 is 1.15 bits per heavy atom. The molecule has 349 valence electrons. The molecule has 1 rings (SSSR count). The fraction of sp³-hybridized carbons (Fsp3) is 0.957. The summed E-state index contributed by atoms with van der Waals surface area (Å²) in [5.74, 6) is -0.629. The zero-order chi connectivity index (χ0) is 43.9. The maximum Gasteiger partial charge on any atom is 0.482 e. The van der Waals surface area contributed by atoms with Crippen LogP contribution in [0.15, 0.2) is 0 Å². The molecule has 0 bridgehead atoms. The highest BCUT2D eigenvalue weighted by atomic mass is 31.2. The molecule has 59 heavy (non-hydrogen) atoms. The van der Waals surface area contributed by atoms with Gasteiger partial charge in [0, 0.05) is 16.9 Å². The number of likely N-dealkylation sites (N-methyl/N-ethyl adjacent to an activating group) is 1. The molecule has 0 aliphatic carbocycles. The molecule has 1 saturated heterocycles. The zero-order valence-electron chi connectivity index (χ0n) is 39.1. The van der Waals surface area contributed by atoms with Gasteiger partial charge in [-0.25, -0.2) is 0 Å². The van der Waals surface area contributed by atoms with Gasteiger partial charge in [0.2, 0.25) is 6.61 Å². The molecule has 2 atom stereocenters. The fourth-order valence-electron chi connectivity index (χ4n) is 7.57. The van der Waals surface area contributed by atoms with Gasteiger partial charge in [0.15, 0.2) is 6.10 Å². The Labute approximate surface area is 362 Å². The number of quaternary nitrogens is 1. The Balaban J connectivity index is 2.44. The number of esters is 2. The van der Waals surface area contributed by atoms with Crippen LogP contribution in [0.3, 0.4) is 0 Å². The Bertz CT molecular complexity index is 1060. The van der Waals surface area contributed by atoms with Crippen molar-refractivity contribution in [1.82, 2.24) is 5.06 Å². The third-order valence-corrected chi connectivity index (χ3v) is 12.4. The lowest BCUT2D eigenvalue weighted by molar-refractivity contribution is -0.870.